The topological polar surface area (TPSA) is 75.8 Å². The molecule has 5 nitrogen and oxygen atoms in total. The molecular weight excluding hydrogens is 411 g/mol. The van der Waals surface area contributed by atoms with Gasteiger partial charge in [0.05, 0.1) is 11.1 Å². The van der Waals surface area contributed by atoms with E-state index < -0.39 is 35.6 Å². The van der Waals surface area contributed by atoms with Crippen LogP contribution in [-0.2, 0) is 17.5 Å². The van der Waals surface area contributed by atoms with Crippen LogP contribution in [0, 0.1) is 5.82 Å². The van der Waals surface area contributed by atoms with Crippen LogP contribution in [0.15, 0.2) is 66.1 Å². The SMILES string of the molecule is NC1C(C(=O)O)=CC=C(F)N1Cc1ccc(Oc2ccc(C(F)(F)F)c(F)c2)cc1. The first-order valence-electron chi connectivity index (χ1n) is 8.52. The molecule has 0 spiro atoms. The largest absolute Gasteiger partial charge is 0.478 e. The molecule has 1 unspecified atom stereocenters. The van der Waals surface area contributed by atoms with E-state index in [2.05, 4.69) is 0 Å². The maximum atomic E-state index is 14.1. The quantitative estimate of drug-likeness (QED) is 0.542. The summed E-state index contributed by atoms with van der Waals surface area (Å²) >= 11 is 0. The number of halogens is 5. The second-order valence-corrected chi connectivity index (χ2v) is 6.37. The number of hydrogen-bond acceptors (Lipinski definition) is 4. The van der Waals surface area contributed by atoms with Crippen LogP contribution in [0.1, 0.15) is 11.1 Å². The minimum atomic E-state index is -4.81. The molecule has 2 aromatic rings. The van der Waals surface area contributed by atoms with Crippen molar-refractivity contribution in [3.05, 3.63) is 83.1 Å². The minimum Gasteiger partial charge on any atom is -0.478 e. The van der Waals surface area contributed by atoms with E-state index in [4.69, 9.17) is 15.6 Å². The fourth-order valence-electron chi connectivity index (χ4n) is 2.81. The van der Waals surface area contributed by atoms with Gasteiger partial charge in [0.1, 0.15) is 23.5 Å². The third kappa shape index (κ3) is 4.60. The Morgan fingerprint density at radius 3 is 2.27 bits per heavy atom. The van der Waals surface area contributed by atoms with Crippen LogP contribution in [0.5, 0.6) is 11.5 Å². The highest BCUT2D eigenvalue weighted by Gasteiger charge is 2.34. The number of carbonyl (C=O) groups is 1. The number of rotatable bonds is 5. The summed E-state index contributed by atoms with van der Waals surface area (Å²) in [4.78, 5) is 12.2. The Morgan fingerprint density at radius 1 is 1.07 bits per heavy atom. The highest BCUT2D eigenvalue weighted by molar-refractivity contribution is 5.88. The predicted molar refractivity (Wildman–Crippen MR) is 96.3 cm³/mol. The Morgan fingerprint density at radius 2 is 1.70 bits per heavy atom. The number of nitrogens with two attached hydrogens (primary N) is 1. The van der Waals surface area contributed by atoms with Gasteiger partial charge < -0.3 is 20.5 Å². The highest BCUT2D eigenvalue weighted by atomic mass is 19.4. The van der Waals surface area contributed by atoms with Gasteiger partial charge in [0.15, 0.2) is 5.95 Å². The summed E-state index contributed by atoms with van der Waals surface area (Å²) in [5.74, 6) is -3.34. The molecule has 0 saturated carbocycles. The minimum absolute atomic E-state index is 0.0384. The number of ether oxygens (including phenoxy) is 1. The molecule has 0 saturated heterocycles. The summed E-state index contributed by atoms with van der Waals surface area (Å²) in [7, 11) is 0. The second kappa shape index (κ2) is 8.15. The summed E-state index contributed by atoms with van der Waals surface area (Å²) < 4.78 is 70.9. The molecule has 158 valence electrons. The smallest absolute Gasteiger partial charge is 0.419 e. The molecule has 1 atom stereocenters. The monoisotopic (exact) mass is 426 g/mol. The van der Waals surface area contributed by atoms with Gasteiger partial charge in [-0.15, -0.1) is 0 Å². The van der Waals surface area contributed by atoms with Gasteiger partial charge in [-0.05, 0) is 42.0 Å². The van der Waals surface area contributed by atoms with Crippen molar-refractivity contribution in [1.82, 2.24) is 4.90 Å². The Kier molecular flexibility index (Phi) is 5.79. The molecule has 1 heterocycles. The lowest BCUT2D eigenvalue weighted by Crippen LogP contribution is -2.44. The van der Waals surface area contributed by atoms with Crippen LogP contribution >= 0.6 is 0 Å². The van der Waals surface area contributed by atoms with E-state index in [-0.39, 0.29) is 23.6 Å². The molecule has 1 aliphatic rings. The highest BCUT2D eigenvalue weighted by Crippen LogP contribution is 2.34. The summed E-state index contributed by atoms with van der Waals surface area (Å²) in [6.45, 7) is -0.0384. The van der Waals surface area contributed by atoms with E-state index in [1.165, 1.54) is 24.3 Å². The van der Waals surface area contributed by atoms with E-state index in [1.54, 1.807) is 0 Å². The molecule has 30 heavy (non-hydrogen) atoms. The van der Waals surface area contributed by atoms with Gasteiger partial charge in [0.25, 0.3) is 0 Å². The van der Waals surface area contributed by atoms with E-state index in [1.807, 2.05) is 0 Å². The van der Waals surface area contributed by atoms with E-state index in [0.29, 0.717) is 17.7 Å². The van der Waals surface area contributed by atoms with Crippen molar-refractivity contribution in [3.8, 4) is 11.5 Å². The van der Waals surface area contributed by atoms with Gasteiger partial charge in [-0.2, -0.15) is 17.6 Å². The molecule has 1 aliphatic heterocycles. The van der Waals surface area contributed by atoms with Gasteiger partial charge in [-0.25, -0.2) is 9.18 Å². The van der Waals surface area contributed by atoms with E-state index >= 15 is 0 Å². The van der Waals surface area contributed by atoms with Crippen LogP contribution in [0.2, 0.25) is 0 Å². The van der Waals surface area contributed by atoms with E-state index in [9.17, 15) is 26.7 Å². The maximum absolute atomic E-state index is 14.1. The maximum Gasteiger partial charge on any atom is 0.419 e. The van der Waals surface area contributed by atoms with E-state index in [0.717, 1.165) is 23.1 Å². The Balaban J connectivity index is 1.70. The van der Waals surface area contributed by atoms with Gasteiger partial charge in [0, 0.05) is 12.6 Å². The van der Waals surface area contributed by atoms with Crippen molar-refractivity contribution in [1.29, 1.82) is 0 Å². The third-order valence-electron chi connectivity index (χ3n) is 4.33. The van der Waals surface area contributed by atoms with Crippen molar-refractivity contribution < 1.29 is 36.6 Å². The predicted octanol–water partition coefficient (Wildman–Crippen LogP) is 4.56. The van der Waals surface area contributed by atoms with Crippen LogP contribution in [0.3, 0.4) is 0 Å². The lowest BCUT2D eigenvalue weighted by Gasteiger charge is -2.31. The molecule has 0 amide bonds. The lowest BCUT2D eigenvalue weighted by molar-refractivity contribution is -0.140. The number of nitrogens with zero attached hydrogens (tertiary/aromatic N) is 1. The summed E-state index contributed by atoms with van der Waals surface area (Å²) in [6.07, 6.45) is -3.89. The zero-order chi connectivity index (χ0) is 22.1. The van der Waals surface area contributed by atoms with Gasteiger partial charge in [-0.3, -0.25) is 0 Å². The van der Waals surface area contributed by atoms with Gasteiger partial charge in [0.2, 0.25) is 0 Å². The first kappa shape index (κ1) is 21.3. The van der Waals surface area contributed by atoms with Gasteiger partial charge in [-0.1, -0.05) is 12.1 Å². The first-order chi connectivity index (χ1) is 14.1. The average Bonchev–Trinajstić information content (AvgIpc) is 2.65. The standard InChI is InChI=1S/C20H15F5N2O3/c21-16-9-13(5-7-15(16)20(23,24)25)30-12-3-1-11(2-4-12)10-27-17(22)8-6-14(18(27)26)19(28)29/h1-9,18H,10,26H2,(H,28,29). The van der Waals surface area contributed by atoms with Crippen LogP contribution in [0.25, 0.3) is 0 Å². The summed E-state index contributed by atoms with van der Waals surface area (Å²) in [6, 6.07) is 8.18. The molecular formula is C20H15F5N2O3. The Bertz CT molecular complexity index is 1020. The molecule has 10 heteroatoms. The second-order valence-electron chi connectivity index (χ2n) is 6.37. The molecule has 0 aliphatic carbocycles. The van der Waals surface area contributed by atoms with Crippen LogP contribution in [-0.4, -0.2) is 22.1 Å². The van der Waals surface area contributed by atoms with Crippen molar-refractivity contribution in [3.63, 3.8) is 0 Å². The molecule has 0 bridgehead atoms. The fraction of sp³-hybridized carbons (Fsp3) is 0.150. The van der Waals surface area contributed by atoms with Crippen LogP contribution < -0.4 is 10.5 Å². The zero-order valence-electron chi connectivity index (χ0n) is 15.2. The van der Waals surface area contributed by atoms with Crippen molar-refractivity contribution in [2.24, 2.45) is 5.73 Å². The van der Waals surface area contributed by atoms with Crippen molar-refractivity contribution in [2.45, 2.75) is 18.9 Å². The Labute approximate surface area is 167 Å². The number of benzene rings is 2. The zero-order valence-corrected chi connectivity index (χ0v) is 15.2. The summed E-state index contributed by atoms with van der Waals surface area (Å²) in [5, 5.41) is 9.10. The number of alkyl halides is 3. The lowest BCUT2D eigenvalue weighted by atomic mass is 10.1. The molecule has 0 radical (unpaired) electrons. The molecule has 2 aromatic carbocycles. The van der Waals surface area contributed by atoms with Crippen molar-refractivity contribution >= 4 is 5.97 Å². The molecule has 3 rings (SSSR count). The molecule has 3 N–H and O–H groups in total. The normalized spacial score (nSPS) is 16.7. The average molecular weight is 426 g/mol. The Hall–Kier alpha value is -3.40. The van der Waals surface area contributed by atoms with Gasteiger partial charge >= 0.3 is 12.1 Å². The number of carboxylic acids is 1. The van der Waals surface area contributed by atoms with Crippen LogP contribution in [0.4, 0.5) is 22.0 Å². The molecule has 0 fully saturated rings. The number of carboxylic acid groups (broad SMARTS) is 1. The molecule has 0 aromatic heterocycles. The number of hydrogen-bond donors (Lipinski definition) is 2. The first-order valence-corrected chi connectivity index (χ1v) is 8.52. The number of allylic oxidation sites excluding steroid dienone is 2. The third-order valence-corrected chi connectivity index (χ3v) is 4.33. The summed E-state index contributed by atoms with van der Waals surface area (Å²) in [5.41, 5.74) is 4.81. The van der Waals surface area contributed by atoms with Crippen molar-refractivity contribution in [2.75, 3.05) is 0 Å². The fourth-order valence-corrected chi connectivity index (χ4v) is 2.81. The number of aliphatic carboxylic acids is 1.